The Balaban J connectivity index is 1.82. The van der Waals surface area contributed by atoms with Gasteiger partial charge < -0.3 is 14.5 Å². The van der Waals surface area contributed by atoms with E-state index in [1.165, 1.54) is 10.5 Å². The van der Waals surface area contributed by atoms with E-state index in [0.717, 1.165) is 56.8 Å². The van der Waals surface area contributed by atoms with Gasteiger partial charge in [-0.15, -0.1) is 0 Å². The van der Waals surface area contributed by atoms with E-state index in [0.29, 0.717) is 30.8 Å². The molecule has 1 saturated heterocycles. The number of aryl methyl sites for hydroxylation is 2. The maximum Gasteiger partial charge on any atom is 0.277 e. The third kappa shape index (κ3) is 4.93. The average Bonchev–Trinajstić information content (AvgIpc) is 2.97. The maximum atomic E-state index is 13.4. The lowest BCUT2D eigenvalue weighted by atomic mass is 9.99. The molecule has 0 saturated carbocycles. The van der Waals surface area contributed by atoms with E-state index in [9.17, 15) is 9.59 Å². The van der Waals surface area contributed by atoms with Crippen molar-refractivity contribution in [2.75, 3.05) is 53.0 Å². The zero-order valence-corrected chi connectivity index (χ0v) is 18.9. The number of nitrogens with zero attached hydrogens (tertiary/aromatic N) is 3. The monoisotopic (exact) mass is 413 g/mol. The Hall–Kier alpha value is -2.18. The average molecular weight is 414 g/mol. The molecule has 1 aromatic carbocycles. The summed E-state index contributed by atoms with van der Waals surface area (Å²) in [6.07, 6.45) is 2.80. The SMILES string of the molecule is CCCCOCCCN1C(=O)C(c2ccc(C)c(C)c2)=C(N2CCN(C)CC2)C1=O. The summed E-state index contributed by atoms with van der Waals surface area (Å²) in [4.78, 5) is 32.5. The zero-order valence-electron chi connectivity index (χ0n) is 18.9. The third-order valence-electron chi connectivity index (χ3n) is 6.07. The molecular formula is C24H35N3O3. The molecule has 1 aromatic rings. The van der Waals surface area contributed by atoms with Gasteiger partial charge in [-0.05, 0) is 50.4 Å². The highest BCUT2D eigenvalue weighted by molar-refractivity contribution is 6.35. The van der Waals surface area contributed by atoms with Crippen LogP contribution in [0, 0.1) is 13.8 Å². The lowest BCUT2D eigenvalue weighted by Gasteiger charge is -2.34. The van der Waals surface area contributed by atoms with Crippen LogP contribution in [0.1, 0.15) is 42.9 Å². The maximum absolute atomic E-state index is 13.4. The van der Waals surface area contributed by atoms with E-state index < -0.39 is 0 Å². The molecule has 0 unspecified atom stereocenters. The zero-order chi connectivity index (χ0) is 21.7. The van der Waals surface area contributed by atoms with Gasteiger partial charge in [0.1, 0.15) is 5.70 Å². The molecule has 0 bridgehead atoms. The molecule has 2 heterocycles. The number of likely N-dealkylation sites (N-methyl/N-ethyl adjacent to an activating group) is 1. The van der Waals surface area contributed by atoms with Gasteiger partial charge in [0.25, 0.3) is 11.8 Å². The van der Waals surface area contributed by atoms with Gasteiger partial charge in [0.05, 0.1) is 5.57 Å². The van der Waals surface area contributed by atoms with Crippen molar-refractivity contribution in [1.82, 2.24) is 14.7 Å². The third-order valence-corrected chi connectivity index (χ3v) is 6.07. The number of hydrogen-bond donors (Lipinski definition) is 0. The fraction of sp³-hybridized carbons (Fsp3) is 0.583. The van der Waals surface area contributed by atoms with Crippen molar-refractivity contribution in [3.63, 3.8) is 0 Å². The number of rotatable bonds is 9. The molecule has 164 valence electrons. The second kappa shape index (κ2) is 10.2. The number of carbonyl (C=O) groups is 2. The molecule has 0 atom stereocenters. The van der Waals surface area contributed by atoms with Crippen molar-refractivity contribution < 1.29 is 14.3 Å². The summed E-state index contributed by atoms with van der Waals surface area (Å²) in [5.74, 6) is -0.336. The van der Waals surface area contributed by atoms with Crippen LogP contribution < -0.4 is 0 Å². The molecule has 2 amide bonds. The van der Waals surface area contributed by atoms with E-state index >= 15 is 0 Å². The van der Waals surface area contributed by atoms with Crippen molar-refractivity contribution in [3.8, 4) is 0 Å². The highest BCUT2D eigenvalue weighted by atomic mass is 16.5. The van der Waals surface area contributed by atoms with Crippen molar-refractivity contribution in [2.24, 2.45) is 0 Å². The number of imide groups is 1. The van der Waals surface area contributed by atoms with Gasteiger partial charge in [-0.2, -0.15) is 0 Å². The topological polar surface area (TPSA) is 53.1 Å². The van der Waals surface area contributed by atoms with E-state index in [1.54, 1.807) is 0 Å². The Morgan fingerprint density at radius 2 is 1.63 bits per heavy atom. The molecule has 0 spiro atoms. The molecule has 0 aromatic heterocycles. The van der Waals surface area contributed by atoms with E-state index in [1.807, 2.05) is 25.1 Å². The minimum absolute atomic E-state index is 0.161. The Morgan fingerprint density at radius 3 is 2.30 bits per heavy atom. The van der Waals surface area contributed by atoms with Gasteiger partial charge in [-0.3, -0.25) is 14.5 Å². The first-order chi connectivity index (χ1) is 14.4. The van der Waals surface area contributed by atoms with Gasteiger partial charge in [-0.1, -0.05) is 31.5 Å². The van der Waals surface area contributed by atoms with E-state index in [2.05, 4.69) is 30.7 Å². The Kier molecular flexibility index (Phi) is 7.67. The van der Waals surface area contributed by atoms with E-state index in [-0.39, 0.29) is 11.8 Å². The normalized spacial score (nSPS) is 18.1. The van der Waals surface area contributed by atoms with Gasteiger partial charge in [0.2, 0.25) is 0 Å². The molecule has 6 nitrogen and oxygen atoms in total. The molecule has 0 N–H and O–H groups in total. The lowest BCUT2D eigenvalue weighted by Crippen LogP contribution is -2.46. The molecular weight excluding hydrogens is 378 g/mol. The first-order valence-corrected chi connectivity index (χ1v) is 11.1. The van der Waals surface area contributed by atoms with Crippen LogP contribution in [-0.4, -0.2) is 79.5 Å². The van der Waals surface area contributed by atoms with Crippen molar-refractivity contribution in [3.05, 3.63) is 40.6 Å². The lowest BCUT2D eigenvalue weighted by molar-refractivity contribution is -0.137. The standard InChI is InChI=1S/C24H35N3O3/c1-5-6-15-30-16-7-10-27-23(28)21(20-9-8-18(2)19(3)17-20)22(24(27)29)26-13-11-25(4)12-14-26/h8-9,17H,5-7,10-16H2,1-4H3. The van der Waals surface area contributed by atoms with Gasteiger partial charge in [0.15, 0.2) is 0 Å². The van der Waals surface area contributed by atoms with Gasteiger partial charge in [-0.25, -0.2) is 0 Å². The van der Waals surface area contributed by atoms with Crippen LogP contribution in [0.4, 0.5) is 0 Å². The highest BCUT2D eigenvalue weighted by Gasteiger charge is 2.41. The smallest absolute Gasteiger partial charge is 0.277 e. The Labute approximate surface area is 180 Å². The number of benzene rings is 1. The van der Waals surface area contributed by atoms with Crippen LogP contribution in [0.25, 0.3) is 5.57 Å². The van der Waals surface area contributed by atoms with Crippen LogP contribution in [0.3, 0.4) is 0 Å². The van der Waals surface area contributed by atoms with Crippen molar-refractivity contribution >= 4 is 17.4 Å². The van der Waals surface area contributed by atoms with Gasteiger partial charge >= 0.3 is 0 Å². The summed E-state index contributed by atoms with van der Waals surface area (Å²) >= 11 is 0. The molecule has 1 fully saturated rings. The van der Waals surface area contributed by atoms with Crippen LogP contribution >= 0.6 is 0 Å². The molecule has 0 aliphatic carbocycles. The highest BCUT2D eigenvalue weighted by Crippen LogP contribution is 2.33. The minimum Gasteiger partial charge on any atom is -0.381 e. The largest absolute Gasteiger partial charge is 0.381 e. The molecule has 3 rings (SSSR count). The van der Waals surface area contributed by atoms with Crippen molar-refractivity contribution in [2.45, 2.75) is 40.0 Å². The minimum atomic E-state index is -0.175. The van der Waals surface area contributed by atoms with Crippen LogP contribution in [-0.2, 0) is 14.3 Å². The molecule has 6 heteroatoms. The number of carbonyl (C=O) groups excluding carboxylic acids is 2. The molecule has 30 heavy (non-hydrogen) atoms. The summed E-state index contributed by atoms with van der Waals surface area (Å²) in [6, 6.07) is 6.03. The number of piperazine rings is 1. The second-order valence-corrected chi connectivity index (χ2v) is 8.39. The van der Waals surface area contributed by atoms with Gasteiger partial charge in [0, 0.05) is 45.9 Å². The predicted molar refractivity (Wildman–Crippen MR) is 119 cm³/mol. The number of unbranched alkanes of at least 4 members (excludes halogenated alkanes) is 1. The molecule has 2 aliphatic rings. The first-order valence-electron chi connectivity index (χ1n) is 11.1. The fourth-order valence-electron chi connectivity index (χ4n) is 3.92. The Bertz CT molecular complexity index is 810. The van der Waals surface area contributed by atoms with Crippen LogP contribution in [0.5, 0.6) is 0 Å². The fourth-order valence-corrected chi connectivity index (χ4v) is 3.92. The number of ether oxygens (including phenoxy) is 1. The number of hydrogen-bond acceptors (Lipinski definition) is 5. The van der Waals surface area contributed by atoms with E-state index in [4.69, 9.17) is 4.74 Å². The summed E-state index contributed by atoms with van der Waals surface area (Å²) in [5, 5.41) is 0. The van der Waals surface area contributed by atoms with Crippen LogP contribution in [0.2, 0.25) is 0 Å². The summed E-state index contributed by atoms with van der Waals surface area (Å²) in [6.45, 7) is 11.2. The molecule has 2 aliphatic heterocycles. The molecule has 0 radical (unpaired) electrons. The summed E-state index contributed by atoms with van der Waals surface area (Å²) in [7, 11) is 2.09. The predicted octanol–water partition coefficient (Wildman–Crippen LogP) is 2.84. The quantitative estimate of drug-likeness (QED) is 0.460. The number of amides is 2. The summed E-state index contributed by atoms with van der Waals surface area (Å²) < 4.78 is 5.62. The first kappa shape index (κ1) is 22.5. The Morgan fingerprint density at radius 1 is 0.933 bits per heavy atom. The summed E-state index contributed by atoms with van der Waals surface area (Å²) in [5.41, 5.74) is 4.27. The second-order valence-electron chi connectivity index (χ2n) is 8.39. The van der Waals surface area contributed by atoms with Crippen molar-refractivity contribution in [1.29, 1.82) is 0 Å². The van der Waals surface area contributed by atoms with Crippen LogP contribution in [0.15, 0.2) is 23.9 Å².